The molecule has 0 aliphatic carbocycles. The van der Waals surface area contributed by atoms with Gasteiger partial charge in [-0.05, 0) is 0 Å². The third kappa shape index (κ3) is 1.66. The molecule has 1 aliphatic rings. The van der Waals surface area contributed by atoms with E-state index in [0.29, 0.717) is 11.0 Å². The molecule has 1 aromatic rings. The molecule has 2 heterocycles. The van der Waals surface area contributed by atoms with E-state index in [1.165, 1.54) is 6.33 Å². The van der Waals surface area contributed by atoms with E-state index >= 15 is 0 Å². The maximum atomic E-state index is 5.84. The SMILES string of the molecule is CN1C=NNc2ncnc(Cl)c21.Cl. The average Bonchev–Trinajstić information content (AvgIpc) is 2.04. The number of rotatable bonds is 0. The number of hydrogen-bond donors (Lipinski definition) is 1. The van der Waals surface area contributed by atoms with Gasteiger partial charge in [-0.15, -0.1) is 12.4 Å². The third-order valence-corrected chi connectivity index (χ3v) is 1.81. The quantitative estimate of drug-likeness (QED) is 0.670. The van der Waals surface area contributed by atoms with Crippen LogP contribution in [0.5, 0.6) is 0 Å². The predicted octanol–water partition coefficient (Wildman–Crippen LogP) is 1.36. The van der Waals surface area contributed by atoms with Gasteiger partial charge in [0.1, 0.15) is 18.4 Å². The normalized spacial score (nSPS) is 12.9. The van der Waals surface area contributed by atoms with Crippen molar-refractivity contribution in [3.63, 3.8) is 0 Å². The molecule has 5 nitrogen and oxygen atoms in total. The molecular weight excluding hydrogens is 213 g/mol. The highest BCUT2D eigenvalue weighted by Crippen LogP contribution is 2.30. The summed E-state index contributed by atoms with van der Waals surface area (Å²) in [7, 11) is 1.83. The predicted molar refractivity (Wildman–Crippen MR) is 54.8 cm³/mol. The summed E-state index contributed by atoms with van der Waals surface area (Å²) in [6.45, 7) is 0. The molecule has 0 amide bonds. The summed E-state index contributed by atoms with van der Waals surface area (Å²) in [5.41, 5.74) is 3.47. The Morgan fingerprint density at radius 1 is 1.46 bits per heavy atom. The number of halogens is 2. The van der Waals surface area contributed by atoms with Crippen LogP contribution in [0, 0.1) is 0 Å². The monoisotopic (exact) mass is 219 g/mol. The maximum absolute atomic E-state index is 5.84. The van der Waals surface area contributed by atoms with Crippen molar-refractivity contribution < 1.29 is 0 Å². The van der Waals surface area contributed by atoms with Gasteiger partial charge in [0, 0.05) is 7.05 Å². The van der Waals surface area contributed by atoms with Crippen LogP contribution in [0.25, 0.3) is 0 Å². The average molecular weight is 220 g/mol. The first-order chi connectivity index (χ1) is 5.79. The molecule has 0 atom stereocenters. The molecule has 1 aromatic heterocycles. The van der Waals surface area contributed by atoms with Crippen LogP contribution >= 0.6 is 24.0 Å². The van der Waals surface area contributed by atoms with E-state index in [9.17, 15) is 0 Å². The van der Waals surface area contributed by atoms with E-state index in [4.69, 9.17) is 11.6 Å². The zero-order valence-corrected chi connectivity index (χ0v) is 8.30. The van der Waals surface area contributed by atoms with Crippen LogP contribution in [0.15, 0.2) is 11.4 Å². The first-order valence-electron chi connectivity index (χ1n) is 3.31. The highest BCUT2D eigenvalue weighted by molar-refractivity contribution is 6.33. The van der Waals surface area contributed by atoms with Crippen LogP contribution < -0.4 is 10.3 Å². The zero-order chi connectivity index (χ0) is 8.55. The Morgan fingerprint density at radius 3 is 2.92 bits per heavy atom. The zero-order valence-electron chi connectivity index (χ0n) is 6.73. The maximum Gasteiger partial charge on any atom is 0.175 e. The Bertz CT molecular complexity index is 340. The number of hydrogen-bond acceptors (Lipinski definition) is 5. The summed E-state index contributed by atoms with van der Waals surface area (Å²) in [6, 6.07) is 0. The molecule has 0 aromatic carbocycles. The lowest BCUT2D eigenvalue weighted by atomic mass is 10.4. The number of nitrogens with zero attached hydrogens (tertiary/aromatic N) is 4. The second kappa shape index (κ2) is 3.76. The first kappa shape index (κ1) is 10.0. The number of hydrazone groups is 1. The minimum atomic E-state index is 0. The Labute approximate surface area is 86.2 Å². The number of fused-ring (bicyclic) bond motifs is 1. The molecule has 0 saturated heterocycles. The van der Waals surface area contributed by atoms with Gasteiger partial charge < -0.3 is 4.90 Å². The highest BCUT2D eigenvalue weighted by Gasteiger charge is 2.15. The summed E-state index contributed by atoms with van der Waals surface area (Å²) in [5, 5.41) is 4.26. The Hall–Kier alpha value is -1.07. The Balaban J connectivity index is 0.000000845. The Kier molecular flexibility index (Phi) is 2.90. The molecule has 0 spiro atoms. The van der Waals surface area contributed by atoms with Gasteiger partial charge in [0.2, 0.25) is 0 Å². The lowest BCUT2D eigenvalue weighted by Gasteiger charge is -2.20. The standard InChI is InChI=1S/C6H6ClN5.ClH/c1-12-3-10-11-6-4(12)5(7)8-2-9-6;/h2-3H,1H3,(H,8,9,11);1H. The van der Waals surface area contributed by atoms with E-state index in [-0.39, 0.29) is 12.4 Å². The van der Waals surface area contributed by atoms with E-state index in [1.807, 2.05) is 7.05 Å². The van der Waals surface area contributed by atoms with Crippen molar-refractivity contribution in [3.05, 3.63) is 11.5 Å². The molecule has 7 heteroatoms. The van der Waals surface area contributed by atoms with Crippen LogP contribution in [0.1, 0.15) is 0 Å². The van der Waals surface area contributed by atoms with E-state index in [1.54, 1.807) is 11.2 Å². The smallest absolute Gasteiger partial charge is 0.175 e. The molecule has 70 valence electrons. The highest BCUT2D eigenvalue weighted by atomic mass is 35.5. The largest absolute Gasteiger partial charge is 0.328 e. The summed E-state index contributed by atoms with van der Waals surface area (Å²) in [4.78, 5) is 9.58. The van der Waals surface area contributed by atoms with Crippen LogP contribution in [-0.2, 0) is 0 Å². The van der Waals surface area contributed by atoms with Crippen molar-refractivity contribution in [2.24, 2.45) is 5.10 Å². The van der Waals surface area contributed by atoms with E-state index in [0.717, 1.165) is 5.69 Å². The lowest BCUT2D eigenvalue weighted by Crippen LogP contribution is -2.22. The van der Waals surface area contributed by atoms with Gasteiger partial charge in [0.05, 0.1) is 0 Å². The van der Waals surface area contributed by atoms with Gasteiger partial charge in [0.25, 0.3) is 0 Å². The van der Waals surface area contributed by atoms with Crippen molar-refractivity contribution in [1.82, 2.24) is 9.97 Å². The summed E-state index contributed by atoms with van der Waals surface area (Å²) < 4.78 is 0. The van der Waals surface area contributed by atoms with Gasteiger partial charge in [-0.2, -0.15) is 5.10 Å². The van der Waals surface area contributed by atoms with Crippen molar-refractivity contribution in [2.45, 2.75) is 0 Å². The van der Waals surface area contributed by atoms with Crippen LogP contribution in [0.2, 0.25) is 5.15 Å². The molecular formula is C6H7Cl2N5. The minimum Gasteiger partial charge on any atom is -0.328 e. The molecule has 2 rings (SSSR count). The minimum absolute atomic E-state index is 0. The molecule has 1 N–H and O–H groups in total. The van der Waals surface area contributed by atoms with Gasteiger partial charge in [-0.3, -0.25) is 5.43 Å². The lowest BCUT2D eigenvalue weighted by molar-refractivity contribution is 1.08. The number of nitrogens with one attached hydrogen (secondary N) is 1. The second-order valence-electron chi connectivity index (χ2n) is 2.33. The van der Waals surface area contributed by atoms with Crippen molar-refractivity contribution in [2.75, 3.05) is 17.4 Å². The van der Waals surface area contributed by atoms with E-state index in [2.05, 4.69) is 20.5 Å². The molecule has 0 bridgehead atoms. The van der Waals surface area contributed by atoms with Crippen molar-refractivity contribution in [1.29, 1.82) is 0 Å². The van der Waals surface area contributed by atoms with E-state index < -0.39 is 0 Å². The van der Waals surface area contributed by atoms with Crippen molar-refractivity contribution >= 4 is 41.9 Å². The Morgan fingerprint density at radius 2 is 2.23 bits per heavy atom. The molecule has 0 unspecified atom stereocenters. The fourth-order valence-electron chi connectivity index (χ4n) is 0.986. The molecule has 0 fully saturated rings. The summed E-state index contributed by atoms with van der Waals surface area (Å²) in [6.07, 6.45) is 3.00. The fraction of sp³-hybridized carbons (Fsp3) is 0.167. The number of anilines is 2. The summed E-state index contributed by atoms with van der Waals surface area (Å²) in [5.74, 6) is 0.625. The fourth-order valence-corrected chi connectivity index (χ4v) is 1.25. The number of aromatic nitrogens is 2. The van der Waals surface area contributed by atoms with Crippen LogP contribution in [0.4, 0.5) is 11.5 Å². The van der Waals surface area contributed by atoms with Crippen molar-refractivity contribution in [3.8, 4) is 0 Å². The van der Waals surface area contributed by atoms with Crippen LogP contribution in [0.3, 0.4) is 0 Å². The molecule has 1 aliphatic heterocycles. The second-order valence-corrected chi connectivity index (χ2v) is 2.69. The van der Waals surface area contributed by atoms with Gasteiger partial charge >= 0.3 is 0 Å². The molecule has 0 saturated carbocycles. The molecule has 13 heavy (non-hydrogen) atoms. The third-order valence-electron chi connectivity index (χ3n) is 1.53. The van der Waals surface area contributed by atoms with Gasteiger partial charge in [0.15, 0.2) is 11.0 Å². The summed E-state index contributed by atoms with van der Waals surface area (Å²) >= 11 is 5.84. The first-order valence-corrected chi connectivity index (χ1v) is 3.69. The van der Waals surface area contributed by atoms with Gasteiger partial charge in [-0.25, -0.2) is 9.97 Å². The van der Waals surface area contributed by atoms with Crippen LogP contribution in [-0.4, -0.2) is 23.4 Å². The molecule has 0 radical (unpaired) electrons. The van der Waals surface area contributed by atoms with Gasteiger partial charge in [-0.1, -0.05) is 11.6 Å². The topological polar surface area (TPSA) is 53.4 Å².